The third-order valence-electron chi connectivity index (χ3n) is 3.16. The number of aromatic hydroxyl groups is 1. The number of phenols is 1. The van der Waals surface area contributed by atoms with Crippen LogP contribution in [0.5, 0.6) is 23.0 Å². The molecule has 7 nitrogen and oxygen atoms in total. The largest absolute Gasteiger partial charge is 0.502 e. The number of hydrogen-bond donors (Lipinski definition) is 2. The second kappa shape index (κ2) is 9.30. The van der Waals surface area contributed by atoms with E-state index < -0.39 is 5.91 Å². The first-order valence-electron chi connectivity index (χ1n) is 7.29. The smallest absolute Gasteiger partial charge is 0.277 e. The minimum atomic E-state index is -0.444. The molecule has 0 aliphatic rings. The zero-order valence-electron chi connectivity index (χ0n) is 14.0. The van der Waals surface area contributed by atoms with E-state index in [1.54, 1.807) is 30.3 Å². The summed E-state index contributed by atoms with van der Waals surface area (Å²) in [6.07, 6.45) is 1.39. The Hall–Kier alpha value is -2.45. The molecule has 138 valence electrons. The van der Waals surface area contributed by atoms with Gasteiger partial charge in [0.2, 0.25) is 5.75 Å². The van der Waals surface area contributed by atoms with E-state index in [4.69, 9.17) is 25.8 Å². The number of benzene rings is 2. The highest BCUT2D eigenvalue weighted by atomic mass is 79.9. The van der Waals surface area contributed by atoms with Crippen molar-refractivity contribution in [3.8, 4) is 23.0 Å². The van der Waals surface area contributed by atoms with Gasteiger partial charge in [0.15, 0.2) is 18.1 Å². The lowest BCUT2D eigenvalue weighted by molar-refractivity contribution is -0.123. The number of carbonyl (C=O) groups excluding carboxylic acids is 1. The molecule has 0 unspecified atom stereocenters. The Morgan fingerprint density at radius 2 is 1.88 bits per heavy atom. The topological polar surface area (TPSA) is 89.4 Å². The summed E-state index contributed by atoms with van der Waals surface area (Å²) in [5.74, 6) is 0.390. The zero-order valence-corrected chi connectivity index (χ0v) is 16.3. The average molecular weight is 444 g/mol. The molecule has 2 aromatic rings. The van der Waals surface area contributed by atoms with Gasteiger partial charge in [-0.05, 0) is 46.3 Å². The Labute approximate surface area is 163 Å². The van der Waals surface area contributed by atoms with Crippen molar-refractivity contribution in [2.24, 2.45) is 5.10 Å². The number of hydrogen-bond acceptors (Lipinski definition) is 6. The minimum absolute atomic E-state index is 0.113. The van der Waals surface area contributed by atoms with Crippen LogP contribution >= 0.6 is 27.5 Å². The fourth-order valence-electron chi connectivity index (χ4n) is 1.93. The van der Waals surface area contributed by atoms with E-state index in [1.165, 1.54) is 20.4 Å². The normalized spacial score (nSPS) is 10.6. The van der Waals surface area contributed by atoms with Crippen molar-refractivity contribution in [3.05, 3.63) is 45.4 Å². The maximum absolute atomic E-state index is 11.8. The number of amides is 1. The molecule has 26 heavy (non-hydrogen) atoms. The van der Waals surface area contributed by atoms with Gasteiger partial charge in [-0.2, -0.15) is 5.10 Å². The van der Waals surface area contributed by atoms with Crippen molar-refractivity contribution in [1.82, 2.24) is 5.43 Å². The summed E-state index contributed by atoms with van der Waals surface area (Å²) < 4.78 is 16.1. The van der Waals surface area contributed by atoms with Crippen molar-refractivity contribution in [2.45, 2.75) is 0 Å². The maximum Gasteiger partial charge on any atom is 0.277 e. The van der Waals surface area contributed by atoms with Crippen LogP contribution in [0.15, 0.2) is 39.9 Å². The number of phenolic OH excluding ortho intramolecular Hbond substituents is 1. The van der Waals surface area contributed by atoms with Crippen LogP contribution in [0.4, 0.5) is 0 Å². The summed E-state index contributed by atoms with van der Waals surface area (Å²) in [5, 5.41) is 14.2. The van der Waals surface area contributed by atoms with E-state index >= 15 is 0 Å². The molecule has 0 spiro atoms. The molecule has 0 radical (unpaired) electrons. The van der Waals surface area contributed by atoms with Crippen LogP contribution in [0, 0.1) is 0 Å². The van der Waals surface area contributed by atoms with Crippen molar-refractivity contribution in [3.63, 3.8) is 0 Å². The lowest BCUT2D eigenvalue weighted by atomic mass is 10.2. The first-order chi connectivity index (χ1) is 12.4. The van der Waals surface area contributed by atoms with E-state index in [0.717, 1.165) is 0 Å². The molecule has 9 heteroatoms. The van der Waals surface area contributed by atoms with Gasteiger partial charge < -0.3 is 19.3 Å². The van der Waals surface area contributed by atoms with Crippen molar-refractivity contribution < 1.29 is 24.1 Å². The van der Waals surface area contributed by atoms with Crippen LogP contribution in [0.1, 0.15) is 5.56 Å². The molecule has 2 aromatic carbocycles. The molecule has 2 N–H and O–H groups in total. The van der Waals surface area contributed by atoms with Crippen LogP contribution in [0.25, 0.3) is 0 Å². The Bertz CT molecular complexity index is 804. The molecule has 0 aliphatic carbocycles. The molecular weight excluding hydrogens is 428 g/mol. The summed E-state index contributed by atoms with van der Waals surface area (Å²) in [4.78, 5) is 11.8. The number of carbonyl (C=O) groups is 1. The standard InChI is InChI=1S/C17H16BrClN2O5/c1-24-14-5-10(6-15(25-2)17(14)23)8-20-21-16(22)9-26-13-4-3-11(19)7-12(13)18/h3-8,23H,9H2,1-2H3,(H,21,22)/b20-8+. The van der Waals surface area contributed by atoms with E-state index in [0.29, 0.717) is 20.8 Å². The first-order valence-corrected chi connectivity index (χ1v) is 8.46. The average Bonchev–Trinajstić information content (AvgIpc) is 2.62. The van der Waals surface area contributed by atoms with Crippen LogP contribution in [0.3, 0.4) is 0 Å². The minimum Gasteiger partial charge on any atom is -0.502 e. The second-order valence-corrected chi connectivity index (χ2v) is 6.22. The van der Waals surface area contributed by atoms with Gasteiger partial charge in [0.05, 0.1) is 24.9 Å². The van der Waals surface area contributed by atoms with Crippen LogP contribution < -0.4 is 19.6 Å². The summed E-state index contributed by atoms with van der Waals surface area (Å²) in [7, 11) is 2.84. The highest BCUT2D eigenvalue weighted by Crippen LogP contribution is 2.36. The van der Waals surface area contributed by atoms with Gasteiger partial charge in [0, 0.05) is 10.6 Å². The van der Waals surface area contributed by atoms with E-state index in [-0.39, 0.29) is 23.9 Å². The predicted octanol–water partition coefficient (Wildman–Crippen LogP) is 3.35. The molecule has 0 fully saturated rings. The van der Waals surface area contributed by atoms with E-state index in [2.05, 4.69) is 26.5 Å². The van der Waals surface area contributed by atoms with Crippen LogP contribution in [-0.2, 0) is 4.79 Å². The quantitative estimate of drug-likeness (QED) is 0.506. The van der Waals surface area contributed by atoms with Gasteiger partial charge in [-0.3, -0.25) is 4.79 Å². The summed E-state index contributed by atoms with van der Waals surface area (Å²) >= 11 is 9.14. The third kappa shape index (κ3) is 5.27. The SMILES string of the molecule is COc1cc(/C=N/NC(=O)COc2ccc(Cl)cc2Br)cc(OC)c1O. The molecular formula is C17H16BrClN2O5. The number of halogens is 2. The Morgan fingerprint density at radius 1 is 1.23 bits per heavy atom. The van der Waals surface area contributed by atoms with Gasteiger partial charge in [0.1, 0.15) is 5.75 Å². The lowest BCUT2D eigenvalue weighted by Crippen LogP contribution is -2.24. The molecule has 0 aromatic heterocycles. The van der Waals surface area contributed by atoms with E-state index in [9.17, 15) is 9.90 Å². The number of rotatable bonds is 7. The lowest BCUT2D eigenvalue weighted by Gasteiger charge is -2.09. The highest BCUT2D eigenvalue weighted by molar-refractivity contribution is 9.10. The fourth-order valence-corrected chi connectivity index (χ4v) is 2.73. The predicted molar refractivity (Wildman–Crippen MR) is 102 cm³/mol. The maximum atomic E-state index is 11.8. The van der Waals surface area contributed by atoms with Crippen LogP contribution in [-0.4, -0.2) is 38.1 Å². The van der Waals surface area contributed by atoms with Crippen molar-refractivity contribution >= 4 is 39.7 Å². The monoisotopic (exact) mass is 442 g/mol. The Morgan fingerprint density at radius 3 is 2.46 bits per heavy atom. The van der Waals surface area contributed by atoms with Crippen molar-refractivity contribution in [2.75, 3.05) is 20.8 Å². The van der Waals surface area contributed by atoms with Gasteiger partial charge in [-0.15, -0.1) is 0 Å². The zero-order chi connectivity index (χ0) is 19.1. The van der Waals surface area contributed by atoms with Gasteiger partial charge in [0.25, 0.3) is 5.91 Å². The van der Waals surface area contributed by atoms with Gasteiger partial charge >= 0.3 is 0 Å². The summed E-state index contributed by atoms with van der Waals surface area (Å²) in [6, 6.07) is 8.07. The first kappa shape index (κ1) is 19.9. The number of ether oxygens (including phenoxy) is 3. The van der Waals surface area contributed by atoms with Gasteiger partial charge in [-0.1, -0.05) is 11.6 Å². The molecule has 0 bridgehead atoms. The number of nitrogens with one attached hydrogen (secondary N) is 1. The fraction of sp³-hybridized carbons (Fsp3) is 0.176. The molecule has 1 amide bonds. The summed E-state index contributed by atoms with van der Waals surface area (Å²) in [5.41, 5.74) is 2.91. The van der Waals surface area contributed by atoms with Crippen LogP contribution in [0.2, 0.25) is 5.02 Å². The molecule has 0 saturated heterocycles. The second-order valence-electron chi connectivity index (χ2n) is 4.93. The third-order valence-corrected chi connectivity index (χ3v) is 4.01. The molecule has 0 heterocycles. The summed E-state index contributed by atoms with van der Waals surface area (Å²) in [6.45, 7) is -0.222. The number of methoxy groups -OCH3 is 2. The molecule has 2 rings (SSSR count). The van der Waals surface area contributed by atoms with Crippen molar-refractivity contribution in [1.29, 1.82) is 0 Å². The molecule has 0 saturated carbocycles. The highest BCUT2D eigenvalue weighted by Gasteiger charge is 2.10. The molecule has 0 aliphatic heterocycles. The molecule has 0 atom stereocenters. The number of nitrogens with zero attached hydrogens (tertiary/aromatic N) is 1. The Kier molecular flexibility index (Phi) is 7.11. The number of hydrazone groups is 1. The van der Waals surface area contributed by atoms with Gasteiger partial charge in [-0.25, -0.2) is 5.43 Å². The Balaban J connectivity index is 1.94. The van der Waals surface area contributed by atoms with E-state index in [1.807, 2.05) is 0 Å².